The summed E-state index contributed by atoms with van der Waals surface area (Å²) in [6, 6.07) is 2.98. The Morgan fingerprint density at radius 2 is 1.94 bits per heavy atom. The monoisotopic (exact) mass is 453 g/mol. The first-order chi connectivity index (χ1) is 14.8. The van der Waals surface area contributed by atoms with E-state index >= 15 is 0 Å². The smallest absolute Gasteiger partial charge is 0.391 e. The Morgan fingerprint density at radius 3 is 2.53 bits per heavy atom. The minimum absolute atomic E-state index is 0.00131. The van der Waals surface area contributed by atoms with Gasteiger partial charge in [0.2, 0.25) is 11.8 Å². The van der Waals surface area contributed by atoms with Gasteiger partial charge in [-0.3, -0.25) is 9.59 Å². The lowest BCUT2D eigenvalue weighted by molar-refractivity contribution is -0.144. The summed E-state index contributed by atoms with van der Waals surface area (Å²) in [5.41, 5.74) is -1.09. The van der Waals surface area contributed by atoms with Crippen molar-refractivity contribution < 1.29 is 27.9 Å². The van der Waals surface area contributed by atoms with Crippen molar-refractivity contribution in [3.8, 4) is 11.3 Å². The van der Waals surface area contributed by atoms with Crippen LogP contribution < -0.4 is 5.32 Å². The van der Waals surface area contributed by atoms with Gasteiger partial charge in [-0.1, -0.05) is 38.1 Å². The fourth-order valence-electron chi connectivity index (χ4n) is 3.90. The molecule has 2 N–H and O–H groups in total. The van der Waals surface area contributed by atoms with Crippen LogP contribution in [0.15, 0.2) is 30.5 Å². The van der Waals surface area contributed by atoms with E-state index in [1.54, 1.807) is 0 Å². The van der Waals surface area contributed by atoms with Crippen LogP contribution in [0.1, 0.15) is 38.8 Å². The highest BCUT2D eigenvalue weighted by Crippen LogP contribution is 2.36. The van der Waals surface area contributed by atoms with E-state index in [1.165, 1.54) is 35.0 Å². The molecule has 0 aliphatic carbocycles. The fourth-order valence-corrected chi connectivity index (χ4v) is 3.90. The van der Waals surface area contributed by atoms with Gasteiger partial charge in [0.15, 0.2) is 0 Å². The molecule has 11 heteroatoms. The number of carbonyl (C=O) groups is 2. The maximum Gasteiger partial charge on any atom is 0.416 e. The number of aliphatic hydroxyl groups excluding tert-OH is 1. The van der Waals surface area contributed by atoms with E-state index in [1.807, 2.05) is 20.8 Å². The molecule has 1 aromatic heterocycles. The van der Waals surface area contributed by atoms with Crippen LogP contribution in [0.4, 0.5) is 13.2 Å². The molecular weight excluding hydrogens is 427 g/mol. The lowest BCUT2D eigenvalue weighted by Crippen LogP contribution is -2.49. The Kier molecular flexibility index (Phi) is 6.32. The van der Waals surface area contributed by atoms with Crippen LogP contribution in [-0.4, -0.2) is 62.6 Å². The molecule has 8 nitrogen and oxygen atoms in total. The number of aromatic nitrogens is 3. The summed E-state index contributed by atoms with van der Waals surface area (Å²) < 4.78 is 40.5. The summed E-state index contributed by atoms with van der Waals surface area (Å²) in [5, 5.41) is 20.6. The molecule has 2 amide bonds. The van der Waals surface area contributed by atoms with E-state index < -0.39 is 41.2 Å². The summed E-state index contributed by atoms with van der Waals surface area (Å²) in [6.07, 6.45) is -3.79. The normalized spacial score (nSPS) is 20.3. The molecule has 1 aliphatic rings. The van der Waals surface area contributed by atoms with E-state index in [9.17, 15) is 27.9 Å². The number of rotatable bonds is 4. The molecule has 0 spiro atoms. The third kappa shape index (κ3) is 4.77. The van der Waals surface area contributed by atoms with Crippen molar-refractivity contribution in [3.05, 3.63) is 36.0 Å². The van der Waals surface area contributed by atoms with Crippen LogP contribution in [0.2, 0.25) is 0 Å². The molecule has 1 aromatic carbocycles. The SMILES string of the molecule is CNC(=O)[C@@H]1C[C@@H](O)CN1C(=O)[C@@H](n1cc(-c2cccc(C(F)(F)F)c2)nn1)C(C)(C)C. The third-order valence-corrected chi connectivity index (χ3v) is 5.43. The molecule has 1 aliphatic heterocycles. The Morgan fingerprint density at radius 1 is 1.25 bits per heavy atom. The second-order valence-electron chi connectivity index (χ2n) is 8.94. The first kappa shape index (κ1) is 23.7. The van der Waals surface area contributed by atoms with E-state index in [2.05, 4.69) is 15.6 Å². The number of nitrogens with zero attached hydrogens (tertiary/aromatic N) is 4. The van der Waals surface area contributed by atoms with Gasteiger partial charge in [0.05, 0.1) is 17.9 Å². The van der Waals surface area contributed by atoms with E-state index in [0.29, 0.717) is 0 Å². The van der Waals surface area contributed by atoms with Gasteiger partial charge in [0.25, 0.3) is 0 Å². The van der Waals surface area contributed by atoms with Gasteiger partial charge in [-0.2, -0.15) is 13.2 Å². The molecule has 174 valence electrons. The van der Waals surface area contributed by atoms with Gasteiger partial charge in [-0.25, -0.2) is 4.68 Å². The molecule has 3 rings (SSSR count). The maximum atomic E-state index is 13.5. The molecule has 0 radical (unpaired) electrons. The highest BCUT2D eigenvalue weighted by Gasteiger charge is 2.45. The molecule has 0 unspecified atom stereocenters. The molecule has 1 fully saturated rings. The number of alkyl halides is 3. The highest BCUT2D eigenvalue weighted by atomic mass is 19.4. The Balaban J connectivity index is 1.96. The van der Waals surface area contributed by atoms with Crippen molar-refractivity contribution in [2.45, 2.75) is 51.6 Å². The van der Waals surface area contributed by atoms with Gasteiger partial charge in [-0.05, 0) is 17.5 Å². The topological polar surface area (TPSA) is 100 Å². The number of hydrogen-bond acceptors (Lipinski definition) is 5. The number of nitrogens with one attached hydrogen (secondary N) is 1. The average Bonchev–Trinajstić information content (AvgIpc) is 3.33. The van der Waals surface area contributed by atoms with Crippen LogP contribution >= 0.6 is 0 Å². The van der Waals surface area contributed by atoms with Crippen molar-refractivity contribution >= 4 is 11.8 Å². The molecule has 0 bridgehead atoms. The number of aliphatic hydroxyl groups is 1. The molecule has 2 aromatic rings. The molecule has 0 saturated carbocycles. The number of likely N-dealkylation sites (tertiary alicyclic amines) is 1. The number of halogens is 3. The number of likely N-dealkylation sites (N-methyl/N-ethyl adjacent to an activating group) is 1. The summed E-state index contributed by atoms with van der Waals surface area (Å²) in [5.74, 6) is -0.811. The molecule has 32 heavy (non-hydrogen) atoms. The zero-order valence-corrected chi connectivity index (χ0v) is 18.2. The van der Waals surface area contributed by atoms with Crippen molar-refractivity contribution in [2.75, 3.05) is 13.6 Å². The lowest BCUT2D eigenvalue weighted by atomic mass is 9.85. The highest BCUT2D eigenvalue weighted by molar-refractivity contribution is 5.90. The van der Waals surface area contributed by atoms with Crippen LogP contribution in [0.3, 0.4) is 0 Å². The second kappa shape index (κ2) is 8.53. The second-order valence-corrected chi connectivity index (χ2v) is 8.94. The Labute approximate surface area is 183 Å². The molecule has 1 saturated heterocycles. The van der Waals surface area contributed by atoms with Crippen LogP contribution in [0, 0.1) is 5.41 Å². The standard InChI is InChI=1S/C21H26F3N5O3/c1-20(2,3)17(19(32)28-10-14(30)9-16(28)18(31)25-4)29-11-15(26-27-29)12-6-5-7-13(8-12)21(22,23)24/h5-8,11,14,16-17,30H,9-10H2,1-4H3,(H,25,31)/t14-,16+,17-/m1/s1. The van der Waals surface area contributed by atoms with Crippen molar-refractivity contribution in [2.24, 2.45) is 5.41 Å². The first-order valence-corrected chi connectivity index (χ1v) is 10.1. The number of hydrogen-bond donors (Lipinski definition) is 2. The minimum atomic E-state index is -4.50. The van der Waals surface area contributed by atoms with Gasteiger partial charge in [-0.15, -0.1) is 5.10 Å². The van der Waals surface area contributed by atoms with Gasteiger partial charge in [0.1, 0.15) is 17.8 Å². The predicted octanol–water partition coefficient (Wildman–Crippen LogP) is 2.26. The van der Waals surface area contributed by atoms with Gasteiger partial charge >= 0.3 is 6.18 Å². The third-order valence-electron chi connectivity index (χ3n) is 5.43. The van der Waals surface area contributed by atoms with Crippen molar-refractivity contribution in [1.29, 1.82) is 0 Å². The fraction of sp³-hybridized carbons (Fsp3) is 0.524. The Bertz CT molecular complexity index is 999. The Hall–Kier alpha value is -2.95. The van der Waals surface area contributed by atoms with Gasteiger partial charge in [0, 0.05) is 25.6 Å². The molecule has 3 atom stereocenters. The number of amides is 2. The van der Waals surface area contributed by atoms with E-state index in [4.69, 9.17) is 0 Å². The maximum absolute atomic E-state index is 13.5. The van der Waals surface area contributed by atoms with E-state index in [0.717, 1.165) is 12.1 Å². The molecule has 2 heterocycles. The minimum Gasteiger partial charge on any atom is -0.391 e. The summed E-state index contributed by atoms with van der Waals surface area (Å²) in [6.45, 7) is 5.42. The number of carbonyl (C=O) groups excluding carboxylic acids is 2. The van der Waals surface area contributed by atoms with Crippen LogP contribution in [-0.2, 0) is 15.8 Å². The van der Waals surface area contributed by atoms with Crippen LogP contribution in [0.25, 0.3) is 11.3 Å². The zero-order valence-electron chi connectivity index (χ0n) is 18.2. The average molecular weight is 453 g/mol. The summed E-state index contributed by atoms with van der Waals surface area (Å²) in [7, 11) is 1.45. The lowest BCUT2D eigenvalue weighted by Gasteiger charge is -2.34. The number of β-amino-alcohol motifs (C(OH)–C–C–N with tert-alkyl or cyclic N) is 1. The quantitative estimate of drug-likeness (QED) is 0.740. The van der Waals surface area contributed by atoms with Crippen molar-refractivity contribution in [3.63, 3.8) is 0 Å². The zero-order chi connectivity index (χ0) is 23.8. The van der Waals surface area contributed by atoms with E-state index in [-0.39, 0.29) is 30.1 Å². The van der Waals surface area contributed by atoms with Gasteiger partial charge < -0.3 is 15.3 Å². The predicted molar refractivity (Wildman–Crippen MR) is 109 cm³/mol. The van der Waals surface area contributed by atoms with Crippen molar-refractivity contribution in [1.82, 2.24) is 25.2 Å². The molecular formula is C21H26F3N5O3. The summed E-state index contributed by atoms with van der Waals surface area (Å²) in [4.78, 5) is 27.1. The van der Waals surface area contributed by atoms with Crippen LogP contribution in [0.5, 0.6) is 0 Å². The first-order valence-electron chi connectivity index (χ1n) is 10.1. The summed E-state index contributed by atoms with van der Waals surface area (Å²) >= 11 is 0. The largest absolute Gasteiger partial charge is 0.416 e. The number of benzene rings is 1.